The lowest BCUT2D eigenvalue weighted by molar-refractivity contribution is -0.928. The van der Waals surface area contributed by atoms with Crippen molar-refractivity contribution in [3.8, 4) is 0 Å². The average Bonchev–Trinajstić information content (AvgIpc) is 2.07. The van der Waals surface area contributed by atoms with Gasteiger partial charge in [-0.2, -0.15) is 0 Å². The number of likely N-dealkylation sites (tertiary alicyclic amines) is 1. The Balaban J connectivity index is 2.44. The molecule has 1 aliphatic rings. The summed E-state index contributed by atoms with van der Waals surface area (Å²) in [7, 11) is 0. The standard InChI is InChI=1S/C9H18Cl2N/c10-4-8-12(9-5-11)6-2-1-3-7-12/h1-9H2/q+1. The van der Waals surface area contributed by atoms with Crippen LogP contribution in [0.15, 0.2) is 0 Å². The summed E-state index contributed by atoms with van der Waals surface area (Å²) in [5.41, 5.74) is 0. The second-order valence-corrected chi connectivity index (χ2v) is 4.43. The van der Waals surface area contributed by atoms with E-state index in [-0.39, 0.29) is 0 Å². The molecule has 1 fully saturated rings. The zero-order chi connectivity index (χ0) is 8.86. The van der Waals surface area contributed by atoms with Crippen molar-refractivity contribution in [2.75, 3.05) is 37.9 Å². The molecule has 0 spiro atoms. The fourth-order valence-electron chi connectivity index (χ4n) is 2.10. The van der Waals surface area contributed by atoms with Crippen LogP contribution in [-0.4, -0.2) is 42.4 Å². The molecular weight excluding hydrogens is 193 g/mol. The van der Waals surface area contributed by atoms with Gasteiger partial charge in [0.2, 0.25) is 0 Å². The zero-order valence-electron chi connectivity index (χ0n) is 7.57. The molecule has 1 nitrogen and oxygen atoms in total. The van der Waals surface area contributed by atoms with Crippen molar-refractivity contribution in [1.82, 2.24) is 0 Å². The molecular formula is C9H18Cl2N+. The van der Waals surface area contributed by atoms with Crippen LogP contribution in [0.3, 0.4) is 0 Å². The SMILES string of the molecule is ClCC[N+]1(CCCl)CCCCC1. The minimum Gasteiger partial charge on any atom is -0.322 e. The van der Waals surface area contributed by atoms with Gasteiger partial charge >= 0.3 is 0 Å². The lowest BCUT2D eigenvalue weighted by atomic mass is 10.1. The normalized spacial score (nSPS) is 22.5. The Hall–Kier alpha value is 0.540. The third kappa shape index (κ3) is 2.79. The van der Waals surface area contributed by atoms with Gasteiger partial charge in [0, 0.05) is 0 Å². The molecule has 0 aromatic carbocycles. The highest BCUT2D eigenvalue weighted by molar-refractivity contribution is 6.18. The average molecular weight is 211 g/mol. The predicted molar refractivity (Wildman–Crippen MR) is 55.0 cm³/mol. The number of rotatable bonds is 4. The van der Waals surface area contributed by atoms with Crippen LogP contribution in [0.2, 0.25) is 0 Å². The Morgan fingerprint density at radius 2 is 1.33 bits per heavy atom. The van der Waals surface area contributed by atoms with Crippen LogP contribution in [0, 0.1) is 0 Å². The molecule has 0 saturated carbocycles. The maximum absolute atomic E-state index is 5.80. The third-order valence-electron chi connectivity index (χ3n) is 2.88. The second kappa shape index (κ2) is 5.31. The summed E-state index contributed by atoms with van der Waals surface area (Å²) in [5, 5.41) is 0. The molecule has 1 rings (SSSR count). The van der Waals surface area contributed by atoms with Crippen molar-refractivity contribution < 1.29 is 4.48 Å². The lowest BCUT2D eigenvalue weighted by Gasteiger charge is -2.40. The third-order valence-corrected chi connectivity index (χ3v) is 3.22. The van der Waals surface area contributed by atoms with Gasteiger partial charge in [0.25, 0.3) is 0 Å². The van der Waals surface area contributed by atoms with Gasteiger partial charge in [0.05, 0.1) is 37.9 Å². The molecule has 3 heteroatoms. The van der Waals surface area contributed by atoms with Crippen LogP contribution in [0.4, 0.5) is 0 Å². The predicted octanol–water partition coefficient (Wildman–Crippen LogP) is 2.46. The van der Waals surface area contributed by atoms with Gasteiger partial charge < -0.3 is 4.48 Å². The van der Waals surface area contributed by atoms with E-state index < -0.39 is 0 Å². The summed E-state index contributed by atoms with van der Waals surface area (Å²) < 4.78 is 1.17. The van der Waals surface area contributed by atoms with Crippen LogP contribution < -0.4 is 0 Å². The molecule has 0 unspecified atom stereocenters. The van der Waals surface area contributed by atoms with E-state index in [1.165, 1.54) is 36.8 Å². The first-order valence-corrected chi connectivity index (χ1v) is 5.87. The molecule has 1 aliphatic heterocycles. The highest BCUT2D eigenvalue weighted by Crippen LogP contribution is 2.18. The monoisotopic (exact) mass is 210 g/mol. The van der Waals surface area contributed by atoms with Crippen molar-refractivity contribution in [3.63, 3.8) is 0 Å². The van der Waals surface area contributed by atoms with Crippen molar-refractivity contribution in [2.24, 2.45) is 0 Å². The van der Waals surface area contributed by atoms with Crippen LogP contribution in [0.1, 0.15) is 19.3 Å². The Morgan fingerprint density at radius 1 is 0.833 bits per heavy atom. The number of hydrogen-bond donors (Lipinski definition) is 0. The molecule has 1 heterocycles. The van der Waals surface area contributed by atoms with Gasteiger partial charge in [-0.05, 0) is 19.3 Å². The van der Waals surface area contributed by atoms with Gasteiger partial charge in [-0.3, -0.25) is 0 Å². The highest BCUT2D eigenvalue weighted by Gasteiger charge is 2.28. The molecule has 12 heavy (non-hydrogen) atoms. The quantitative estimate of drug-likeness (QED) is 0.495. The largest absolute Gasteiger partial charge is 0.322 e. The minimum atomic E-state index is 0.775. The maximum atomic E-state index is 5.80. The fraction of sp³-hybridized carbons (Fsp3) is 1.00. The van der Waals surface area contributed by atoms with E-state index in [1.807, 2.05) is 0 Å². The highest BCUT2D eigenvalue weighted by atomic mass is 35.5. The smallest absolute Gasteiger partial charge is 0.0924 e. The van der Waals surface area contributed by atoms with Crippen molar-refractivity contribution in [3.05, 3.63) is 0 Å². The van der Waals surface area contributed by atoms with Crippen LogP contribution in [0.5, 0.6) is 0 Å². The van der Waals surface area contributed by atoms with E-state index in [9.17, 15) is 0 Å². The number of alkyl halides is 2. The number of hydrogen-bond acceptors (Lipinski definition) is 0. The van der Waals surface area contributed by atoms with Gasteiger partial charge in [0.1, 0.15) is 0 Å². The number of piperidine rings is 1. The molecule has 72 valence electrons. The molecule has 0 bridgehead atoms. The Bertz CT molecular complexity index is 106. The van der Waals surface area contributed by atoms with E-state index in [2.05, 4.69) is 0 Å². The maximum Gasteiger partial charge on any atom is 0.0924 e. The second-order valence-electron chi connectivity index (χ2n) is 3.67. The zero-order valence-corrected chi connectivity index (χ0v) is 9.08. The molecule has 0 aliphatic carbocycles. The number of quaternary nitrogens is 1. The van der Waals surface area contributed by atoms with Crippen LogP contribution >= 0.6 is 23.2 Å². The summed E-state index contributed by atoms with van der Waals surface area (Å²) in [6.07, 6.45) is 4.10. The van der Waals surface area contributed by atoms with Gasteiger partial charge in [-0.1, -0.05) is 0 Å². The van der Waals surface area contributed by atoms with Gasteiger partial charge in [0.15, 0.2) is 0 Å². The van der Waals surface area contributed by atoms with Crippen LogP contribution in [0.25, 0.3) is 0 Å². The summed E-state index contributed by atoms with van der Waals surface area (Å²) in [6, 6.07) is 0. The van der Waals surface area contributed by atoms with E-state index in [0.29, 0.717) is 0 Å². The van der Waals surface area contributed by atoms with E-state index in [1.54, 1.807) is 0 Å². The molecule has 1 saturated heterocycles. The van der Waals surface area contributed by atoms with Crippen molar-refractivity contribution in [2.45, 2.75) is 19.3 Å². The topological polar surface area (TPSA) is 0 Å². The molecule has 0 aromatic rings. The van der Waals surface area contributed by atoms with Crippen molar-refractivity contribution in [1.29, 1.82) is 0 Å². The van der Waals surface area contributed by atoms with Crippen LogP contribution in [-0.2, 0) is 0 Å². The minimum absolute atomic E-state index is 0.775. The summed E-state index contributed by atoms with van der Waals surface area (Å²) >= 11 is 11.6. The first-order chi connectivity index (χ1) is 5.83. The Labute approximate surface area is 85.2 Å². The summed E-state index contributed by atoms with van der Waals surface area (Å²) in [4.78, 5) is 0. The van der Waals surface area contributed by atoms with E-state index in [4.69, 9.17) is 23.2 Å². The molecule has 0 aromatic heterocycles. The molecule has 0 radical (unpaired) electrons. The Morgan fingerprint density at radius 3 is 1.75 bits per heavy atom. The number of halogens is 2. The summed E-state index contributed by atoms with van der Waals surface area (Å²) in [5.74, 6) is 1.55. The fourth-order valence-corrected chi connectivity index (χ4v) is 2.82. The molecule has 0 amide bonds. The van der Waals surface area contributed by atoms with E-state index >= 15 is 0 Å². The van der Waals surface area contributed by atoms with Gasteiger partial charge in [-0.15, -0.1) is 23.2 Å². The lowest BCUT2D eigenvalue weighted by Crippen LogP contribution is -2.53. The van der Waals surface area contributed by atoms with Crippen molar-refractivity contribution >= 4 is 23.2 Å². The summed E-state index contributed by atoms with van der Waals surface area (Å²) in [6.45, 7) is 4.79. The first-order valence-electron chi connectivity index (χ1n) is 4.80. The molecule has 0 N–H and O–H groups in total. The Kier molecular flexibility index (Phi) is 4.70. The van der Waals surface area contributed by atoms with Gasteiger partial charge in [-0.25, -0.2) is 0 Å². The molecule has 0 atom stereocenters. The first kappa shape index (κ1) is 10.6. The van der Waals surface area contributed by atoms with E-state index in [0.717, 1.165) is 24.8 Å². The number of nitrogens with zero attached hydrogens (tertiary/aromatic N) is 1.